The first-order valence-corrected chi connectivity index (χ1v) is 11.9. The second-order valence-electron chi connectivity index (χ2n) is 9.17. The molecule has 5 heterocycles. The predicted octanol–water partition coefficient (Wildman–Crippen LogP) is 3.91. The van der Waals surface area contributed by atoms with Crippen molar-refractivity contribution in [3.8, 4) is 11.3 Å². The molecule has 3 aliphatic rings. The molecule has 7 nitrogen and oxygen atoms in total. The average molecular weight is 451 g/mol. The van der Waals surface area contributed by atoms with E-state index in [9.17, 15) is 4.79 Å². The molecular formula is C24H27ClN6O. The van der Waals surface area contributed by atoms with E-state index in [-0.39, 0.29) is 6.03 Å². The first kappa shape index (κ1) is 20.0. The lowest BCUT2D eigenvalue weighted by atomic mass is 10.1. The molecule has 8 heteroatoms. The molecule has 166 valence electrons. The van der Waals surface area contributed by atoms with Crippen molar-refractivity contribution in [3.63, 3.8) is 0 Å². The minimum Gasteiger partial charge on any atom is -0.325 e. The fourth-order valence-electron chi connectivity index (χ4n) is 5.64. The number of imidazole rings is 1. The Morgan fingerprint density at radius 3 is 2.50 bits per heavy atom. The van der Waals surface area contributed by atoms with Crippen molar-refractivity contribution >= 4 is 23.4 Å². The van der Waals surface area contributed by atoms with Gasteiger partial charge in [-0.25, -0.2) is 14.8 Å². The Balaban J connectivity index is 1.27. The van der Waals surface area contributed by atoms with Gasteiger partial charge in [-0.1, -0.05) is 23.7 Å². The third-order valence-electron chi connectivity index (χ3n) is 7.15. The van der Waals surface area contributed by atoms with Gasteiger partial charge in [-0.15, -0.1) is 0 Å². The van der Waals surface area contributed by atoms with Crippen LogP contribution in [0.4, 0.5) is 4.79 Å². The van der Waals surface area contributed by atoms with Crippen molar-refractivity contribution in [2.45, 2.75) is 44.3 Å². The summed E-state index contributed by atoms with van der Waals surface area (Å²) in [6.45, 7) is 4.42. The molecule has 0 N–H and O–H groups in total. The summed E-state index contributed by atoms with van der Waals surface area (Å²) in [5.41, 5.74) is 3.12. The van der Waals surface area contributed by atoms with Crippen molar-refractivity contribution in [2.24, 2.45) is 0 Å². The second kappa shape index (κ2) is 8.05. The van der Waals surface area contributed by atoms with Gasteiger partial charge in [0.2, 0.25) is 5.78 Å². The smallest absolute Gasteiger partial charge is 0.320 e. The standard InChI is InChI=1S/C24H27ClN6O/c25-18-6-4-17(5-7-18)22-21(30-13-3-10-26-23(30)27-22)16-28-14-19-8-9-20(15-28)31(19)24(32)29-11-1-2-12-29/h3-7,10,13,19-20H,1-2,8-9,11-12,14-16H2. The predicted molar refractivity (Wildman–Crippen MR) is 124 cm³/mol. The minimum atomic E-state index is 0.260. The van der Waals surface area contributed by atoms with Gasteiger partial charge >= 0.3 is 6.03 Å². The quantitative estimate of drug-likeness (QED) is 0.607. The Bertz CT molecular complexity index is 1130. The van der Waals surface area contributed by atoms with Gasteiger partial charge < -0.3 is 9.80 Å². The summed E-state index contributed by atoms with van der Waals surface area (Å²) in [4.78, 5) is 29.2. The average Bonchev–Trinajstić information content (AvgIpc) is 3.52. The molecule has 2 bridgehead atoms. The fraction of sp³-hybridized carbons (Fsp3) is 0.458. The van der Waals surface area contributed by atoms with E-state index in [4.69, 9.17) is 16.6 Å². The normalized spacial score (nSPS) is 23.4. The number of likely N-dealkylation sites (tertiary alicyclic amines) is 2. The van der Waals surface area contributed by atoms with Crippen molar-refractivity contribution in [3.05, 3.63) is 53.4 Å². The molecule has 0 saturated carbocycles. The molecule has 6 rings (SSSR count). The zero-order valence-electron chi connectivity index (χ0n) is 18.0. The van der Waals surface area contributed by atoms with Crippen LogP contribution in [0.3, 0.4) is 0 Å². The molecule has 0 spiro atoms. The lowest BCUT2D eigenvalue weighted by molar-refractivity contribution is 0.0684. The van der Waals surface area contributed by atoms with Crippen molar-refractivity contribution < 1.29 is 4.79 Å². The first-order chi connectivity index (χ1) is 15.7. The maximum absolute atomic E-state index is 13.1. The highest BCUT2D eigenvalue weighted by atomic mass is 35.5. The van der Waals surface area contributed by atoms with Crippen LogP contribution in [0, 0.1) is 0 Å². The number of halogens is 1. The maximum Gasteiger partial charge on any atom is 0.320 e. The van der Waals surface area contributed by atoms with Crippen LogP contribution in [-0.4, -0.2) is 73.4 Å². The van der Waals surface area contributed by atoms with Crippen LogP contribution in [0.5, 0.6) is 0 Å². The van der Waals surface area contributed by atoms with Gasteiger partial charge in [-0.2, -0.15) is 0 Å². The number of hydrogen-bond acceptors (Lipinski definition) is 4. The van der Waals surface area contributed by atoms with Gasteiger partial charge in [0, 0.05) is 67.8 Å². The topological polar surface area (TPSA) is 57.0 Å². The number of aromatic nitrogens is 3. The Morgan fingerprint density at radius 2 is 1.78 bits per heavy atom. The van der Waals surface area contributed by atoms with E-state index in [0.29, 0.717) is 22.9 Å². The fourth-order valence-corrected chi connectivity index (χ4v) is 5.77. The Labute approximate surface area is 192 Å². The lowest BCUT2D eigenvalue weighted by Gasteiger charge is -2.42. The molecule has 3 aromatic rings. The Morgan fingerprint density at radius 1 is 1.06 bits per heavy atom. The van der Waals surface area contributed by atoms with Crippen LogP contribution in [0.25, 0.3) is 17.0 Å². The number of benzene rings is 1. The molecule has 2 unspecified atom stereocenters. The van der Waals surface area contributed by atoms with Crippen LogP contribution < -0.4 is 0 Å². The largest absolute Gasteiger partial charge is 0.325 e. The van der Waals surface area contributed by atoms with Crippen LogP contribution in [0.15, 0.2) is 42.7 Å². The maximum atomic E-state index is 13.1. The first-order valence-electron chi connectivity index (χ1n) is 11.5. The molecule has 1 aromatic carbocycles. The van der Waals surface area contributed by atoms with Crippen molar-refractivity contribution in [1.29, 1.82) is 0 Å². The highest BCUT2D eigenvalue weighted by Crippen LogP contribution is 2.34. The van der Waals surface area contributed by atoms with Crippen LogP contribution in [0.2, 0.25) is 5.02 Å². The number of amides is 2. The SMILES string of the molecule is O=C(N1CCCC1)N1C2CCC1CN(Cc1c(-c3ccc(Cl)cc3)nc3ncccn13)C2. The molecule has 3 saturated heterocycles. The number of nitrogens with zero attached hydrogens (tertiary/aromatic N) is 6. The zero-order chi connectivity index (χ0) is 21.7. The van der Waals surface area contributed by atoms with Gasteiger partial charge in [0.25, 0.3) is 0 Å². The van der Waals surface area contributed by atoms with Gasteiger partial charge in [0.15, 0.2) is 0 Å². The number of fused-ring (bicyclic) bond motifs is 3. The lowest BCUT2D eigenvalue weighted by Crippen LogP contribution is -2.58. The summed E-state index contributed by atoms with van der Waals surface area (Å²) in [7, 11) is 0. The van der Waals surface area contributed by atoms with Crippen molar-refractivity contribution in [2.75, 3.05) is 26.2 Å². The minimum absolute atomic E-state index is 0.260. The molecule has 2 aromatic heterocycles. The summed E-state index contributed by atoms with van der Waals surface area (Å²) in [5, 5.41) is 0.715. The van der Waals surface area contributed by atoms with E-state index >= 15 is 0 Å². The number of carbonyl (C=O) groups excluding carboxylic acids is 1. The summed E-state index contributed by atoms with van der Waals surface area (Å²) < 4.78 is 2.09. The number of piperazine rings is 1. The second-order valence-corrected chi connectivity index (χ2v) is 9.60. The van der Waals surface area contributed by atoms with E-state index in [1.807, 2.05) is 36.5 Å². The third kappa shape index (κ3) is 3.44. The Hall–Kier alpha value is -2.64. The molecule has 32 heavy (non-hydrogen) atoms. The molecule has 2 atom stereocenters. The summed E-state index contributed by atoms with van der Waals surface area (Å²) in [6, 6.07) is 10.7. The highest BCUT2D eigenvalue weighted by Gasteiger charge is 2.44. The Kier molecular flexibility index (Phi) is 5.03. The number of rotatable bonds is 3. The van der Waals surface area contributed by atoms with Gasteiger partial charge in [-0.05, 0) is 43.9 Å². The highest BCUT2D eigenvalue weighted by molar-refractivity contribution is 6.30. The van der Waals surface area contributed by atoms with Crippen molar-refractivity contribution in [1.82, 2.24) is 29.1 Å². The van der Waals surface area contributed by atoms with Crippen LogP contribution in [-0.2, 0) is 6.54 Å². The summed E-state index contributed by atoms with van der Waals surface area (Å²) >= 11 is 6.12. The van der Waals surface area contributed by atoms with Crippen LogP contribution in [0.1, 0.15) is 31.4 Å². The molecule has 3 aliphatic heterocycles. The van der Waals surface area contributed by atoms with E-state index in [1.165, 1.54) is 0 Å². The van der Waals surface area contributed by atoms with E-state index in [1.54, 1.807) is 6.20 Å². The number of carbonyl (C=O) groups is 1. The third-order valence-corrected chi connectivity index (χ3v) is 7.40. The number of urea groups is 1. The van der Waals surface area contributed by atoms with E-state index < -0.39 is 0 Å². The monoisotopic (exact) mass is 450 g/mol. The molecule has 0 aliphatic carbocycles. The van der Waals surface area contributed by atoms with Crippen LogP contribution >= 0.6 is 11.6 Å². The van der Waals surface area contributed by atoms with E-state index in [2.05, 4.69) is 24.1 Å². The zero-order valence-corrected chi connectivity index (χ0v) is 18.8. The number of hydrogen-bond donors (Lipinski definition) is 0. The molecule has 3 fully saturated rings. The molecule has 2 amide bonds. The van der Waals surface area contributed by atoms with Gasteiger partial charge in [0.1, 0.15) is 0 Å². The summed E-state index contributed by atoms with van der Waals surface area (Å²) in [5.74, 6) is 0.707. The molecular weight excluding hydrogens is 424 g/mol. The van der Waals surface area contributed by atoms with Gasteiger partial charge in [-0.3, -0.25) is 9.30 Å². The van der Waals surface area contributed by atoms with E-state index in [0.717, 1.165) is 75.4 Å². The molecule has 0 radical (unpaired) electrons. The summed E-state index contributed by atoms with van der Waals surface area (Å²) in [6.07, 6.45) is 8.28. The van der Waals surface area contributed by atoms with Gasteiger partial charge in [0.05, 0.1) is 11.4 Å².